The number of primary amides is 1. The highest BCUT2D eigenvalue weighted by Gasteiger charge is 2.28. The molecule has 0 atom stereocenters. The predicted molar refractivity (Wildman–Crippen MR) is 113 cm³/mol. The van der Waals surface area contributed by atoms with Crippen LogP contribution in [0.4, 0.5) is 5.00 Å². The van der Waals surface area contributed by atoms with Crippen LogP contribution in [0.15, 0.2) is 18.2 Å². The molecule has 0 saturated carbocycles. The zero-order valence-corrected chi connectivity index (χ0v) is 17.3. The summed E-state index contributed by atoms with van der Waals surface area (Å²) in [5.74, 6) is -0.633. The molecule has 2 heterocycles. The number of aryl methyl sites for hydroxylation is 2. The van der Waals surface area contributed by atoms with Gasteiger partial charge in [-0.2, -0.15) is 0 Å². The number of benzene rings is 1. The molecule has 0 radical (unpaired) electrons. The number of fused-ring (bicyclic) bond motifs is 2. The lowest BCUT2D eigenvalue weighted by molar-refractivity contribution is 0.0999. The first kappa shape index (κ1) is 19.2. The van der Waals surface area contributed by atoms with Gasteiger partial charge in [-0.3, -0.25) is 14.5 Å². The molecule has 5 nitrogen and oxygen atoms in total. The lowest BCUT2D eigenvalue weighted by Gasteiger charge is -2.30. The van der Waals surface area contributed by atoms with Gasteiger partial charge in [-0.15, -0.1) is 11.3 Å². The summed E-state index contributed by atoms with van der Waals surface area (Å²) in [6.45, 7) is 6.05. The number of rotatable bonds is 4. The average Bonchev–Trinajstić information content (AvgIpc) is 3.04. The van der Waals surface area contributed by atoms with Gasteiger partial charge < -0.3 is 11.1 Å². The number of nitrogens with one attached hydrogen (secondary N) is 1. The number of thiophene rings is 1. The van der Waals surface area contributed by atoms with E-state index in [1.807, 2.05) is 12.1 Å². The van der Waals surface area contributed by atoms with Crippen molar-refractivity contribution in [1.29, 1.82) is 0 Å². The Kier molecular flexibility index (Phi) is 5.25. The molecule has 2 aromatic rings. The maximum Gasteiger partial charge on any atom is 0.256 e. The van der Waals surface area contributed by atoms with Crippen LogP contribution < -0.4 is 11.1 Å². The SMILES string of the molecule is CC(C)N1CCc2c(sc(NC(=O)c3ccc4c(c3)CCCC4)c2C(N)=O)C1. The third kappa shape index (κ3) is 3.59. The minimum atomic E-state index is -0.462. The van der Waals surface area contributed by atoms with Gasteiger partial charge in [0.15, 0.2) is 0 Å². The van der Waals surface area contributed by atoms with Gasteiger partial charge in [0.05, 0.1) is 5.56 Å². The average molecular weight is 398 g/mol. The number of anilines is 1. The van der Waals surface area contributed by atoms with E-state index in [1.165, 1.54) is 35.3 Å². The highest BCUT2D eigenvalue weighted by Crippen LogP contribution is 2.37. The monoisotopic (exact) mass is 397 g/mol. The minimum absolute atomic E-state index is 0.171. The van der Waals surface area contributed by atoms with Crippen LogP contribution in [-0.2, 0) is 25.8 Å². The van der Waals surface area contributed by atoms with Crippen LogP contribution in [-0.4, -0.2) is 29.3 Å². The summed E-state index contributed by atoms with van der Waals surface area (Å²) in [7, 11) is 0. The molecule has 6 heteroatoms. The second kappa shape index (κ2) is 7.68. The van der Waals surface area contributed by atoms with Crippen LogP contribution >= 0.6 is 11.3 Å². The lowest BCUT2D eigenvalue weighted by atomic mass is 9.90. The molecule has 4 rings (SSSR count). The lowest BCUT2D eigenvalue weighted by Crippen LogP contribution is -2.35. The third-order valence-electron chi connectivity index (χ3n) is 5.90. The summed E-state index contributed by atoms with van der Waals surface area (Å²) in [4.78, 5) is 28.5. The summed E-state index contributed by atoms with van der Waals surface area (Å²) in [6, 6.07) is 6.40. The number of nitrogens with zero attached hydrogens (tertiary/aromatic N) is 1. The Hall–Kier alpha value is -2.18. The van der Waals surface area contributed by atoms with Crippen molar-refractivity contribution in [1.82, 2.24) is 4.90 Å². The van der Waals surface area contributed by atoms with Gasteiger partial charge in [0.1, 0.15) is 5.00 Å². The van der Waals surface area contributed by atoms with Crippen molar-refractivity contribution in [3.05, 3.63) is 50.9 Å². The van der Waals surface area contributed by atoms with Gasteiger partial charge in [0.2, 0.25) is 0 Å². The second-order valence-electron chi connectivity index (χ2n) is 8.03. The highest BCUT2D eigenvalue weighted by atomic mass is 32.1. The summed E-state index contributed by atoms with van der Waals surface area (Å²) in [5, 5.41) is 3.57. The molecule has 148 valence electrons. The molecule has 28 heavy (non-hydrogen) atoms. The standard InChI is InChI=1S/C22H27N3O2S/c1-13(2)25-10-9-17-18(12-25)28-22(19(17)20(23)26)24-21(27)16-8-7-14-5-3-4-6-15(14)11-16/h7-8,11,13H,3-6,9-10,12H2,1-2H3,(H2,23,26)(H,24,27). The number of nitrogens with two attached hydrogens (primary N) is 1. The Morgan fingerprint density at radius 1 is 1.14 bits per heavy atom. The maximum absolute atomic E-state index is 12.9. The molecule has 0 fully saturated rings. The molecular formula is C22H27N3O2S. The van der Waals surface area contributed by atoms with E-state index in [2.05, 4.69) is 30.1 Å². The van der Waals surface area contributed by atoms with E-state index in [-0.39, 0.29) is 5.91 Å². The van der Waals surface area contributed by atoms with E-state index in [0.29, 0.717) is 22.2 Å². The number of hydrogen-bond donors (Lipinski definition) is 2. The van der Waals surface area contributed by atoms with Crippen LogP contribution in [0.2, 0.25) is 0 Å². The molecule has 1 aliphatic carbocycles. The molecule has 0 saturated heterocycles. The van der Waals surface area contributed by atoms with E-state index in [9.17, 15) is 9.59 Å². The molecule has 0 unspecified atom stereocenters. The summed E-state index contributed by atoms with van der Waals surface area (Å²) < 4.78 is 0. The van der Waals surface area contributed by atoms with E-state index >= 15 is 0 Å². The zero-order valence-electron chi connectivity index (χ0n) is 16.5. The Balaban J connectivity index is 1.61. The van der Waals surface area contributed by atoms with E-state index in [4.69, 9.17) is 5.73 Å². The van der Waals surface area contributed by atoms with Crippen LogP contribution in [0.5, 0.6) is 0 Å². The smallest absolute Gasteiger partial charge is 0.256 e. The predicted octanol–water partition coefficient (Wildman–Crippen LogP) is 3.74. The van der Waals surface area contributed by atoms with Crippen molar-refractivity contribution in [2.24, 2.45) is 5.73 Å². The highest BCUT2D eigenvalue weighted by molar-refractivity contribution is 7.17. The van der Waals surface area contributed by atoms with E-state index in [0.717, 1.165) is 42.8 Å². The quantitative estimate of drug-likeness (QED) is 0.825. The molecule has 0 spiro atoms. The topological polar surface area (TPSA) is 75.4 Å². The maximum atomic E-state index is 12.9. The van der Waals surface area contributed by atoms with Gasteiger partial charge in [-0.1, -0.05) is 6.07 Å². The first-order chi connectivity index (χ1) is 13.4. The normalized spacial score (nSPS) is 16.5. The summed E-state index contributed by atoms with van der Waals surface area (Å²) in [6.07, 6.45) is 5.30. The van der Waals surface area contributed by atoms with Crippen molar-refractivity contribution in [2.45, 2.75) is 58.5 Å². The van der Waals surface area contributed by atoms with Crippen molar-refractivity contribution in [2.75, 3.05) is 11.9 Å². The van der Waals surface area contributed by atoms with Crippen molar-refractivity contribution < 1.29 is 9.59 Å². The first-order valence-electron chi connectivity index (χ1n) is 10.1. The molecule has 1 aromatic heterocycles. The Bertz CT molecular complexity index is 932. The number of carbonyl (C=O) groups excluding carboxylic acids is 2. The van der Waals surface area contributed by atoms with Crippen molar-refractivity contribution in [3.63, 3.8) is 0 Å². The molecule has 1 aliphatic heterocycles. The van der Waals surface area contributed by atoms with Crippen molar-refractivity contribution in [3.8, 4) is 0 Å². The number of carbonyl (C=O) groups is 2. The molecule has 2 amide bonds. The number of hydrogen-bond acceptors (Lipinski definition) is 4. The Labute approximate surface area is 169 Å². The van der Waals surface area contributed by atoms with E-state index in [1.54, 1.807) is 0 Å². The fraction of sp³-hybridized carbons (Fsp3) is 0.455. The van der Waals surface area contributed by atoms with E-state index < -0.39 is 5.91 Å². The fourth-order valence-corrected chi connectivity index (χ4v) is 5.54. The molecule has 3 N–H and O–H groups in total. The Morgan fingerprint density at radius 3 is 2.61 bits per heavy atom. The van der Waals surface area contributed by atoms with Crippen LogP contribution in [0.1, 0.15) is 69.0 Å². The van der Waals surface area contributed by atoms with Gasteiger partial charge >= 0.3 is 0 Å². The van der Waals surface area contributed by atoms with Crippen LogP contribution in [0, 0.1) is 0 Å². The number of amides is 2. The molecule has 1 aromatic carbocycles. The largest absolute Gasteiger partial charge is 0.365 e. The minimum Gasteiger partial charge on any atom is -0.365 e. The van der Waals surface area contributed by atoms with Gasteiger partial charge in [0.25, 0.3) is 11.8 Å². The van der Waals surface area contributed by atoms with Gasteiger partial charge in [-0.05, 0) is 74.8 Å². The molecular weight excluding hydrogens is 370 g/mol. The van der Waals surface area contributed by atoms with Crippen LogP contribution in [0.25, 0.3) is 0 Å². The molecule has 0 bridgehead atoms. The van der Waals surface area contributed by atoms with Gasteiger partial charge in [-0.25, -0.2) is 0 Å². The first-order valence-corrected chi connectivity index (χ1v) is 10.9. The summed E-state index contributed by atoms with van der Waals surface area (Å²) >= 11 is 1.49. The van der Waals surface area contributed by atoms with Crippen LogP contribution in [0.3, 0.4) is 0 Å². The van der Waals surface area contributed by atoms with Crippen molar-refractivity contribution >= 4 is 28.2 Å². The zero-order chi connectivity index (χ0) is 19.8. The summed E-state index contributed by atoms with van der Waals surface area (Å²) in [5.41, 5.74) is 10.5. The van der Waals surface area contributed by atoms with Gasteiger partial charge in [0, 0.05) is 29.6 Å². The Morgan fingerprint density at radius 2 is 1.89 bits per heavy atom. The fourth-order valence-electron chi connectivity index (χ4n) is 4.26. The second-order valence-corrected chi connectivity index (χ2v) is 9.14. The molecule has 2 aliphatic rings. The third-order valence-corrected chi connectivity index (χ3v) is 7.03.